The molecule has 0 spiro atoms. The van der Waals surface area contributed by atoms with Crippen molar-refractivity contribution >= 4 is 17.5 Å². The lowest BCUT2D eigenvalue weighted by atomic mass is 9.98. The normalized spacial score (nSPS) is 10.8. The highest BCUT2D eigenvalue weighted by Gasteiger charge is 2.13. The predicted molar refractivity (Wildman–Crippen MR) is 79.0 cm³/mol. The van der Waals surface area contributed by atoms with Crippen LogP contribution in [0.2, 0.25) is 0 Å². The van der Waals surface area contributed by atoms with Gasteiger partial charge in [0.2, 0.25) is 0 Å². The third-order valence-electron chi connectivity index (χ3n) is 3.04. The van der Waals surface area contributed by atoms with Crippen molar-refractivity contribution in [1.29, 1.82) is 0 Å². The maximum absolute atomic E-state index is 12.1. The summed E-state index contributed by atoms with van der Waals surface area (Å²) in [5.41, 5.74) is 2.92. The van der Waals surface area contributed by atoms with E-state index in [-0.39, 0.29) is 5.78 Å². The van der Waals surface area contributed by atoms with Crippen molar-refractivity contribution in [3.63, 3.8) is 0 Å². The number of rotatable bonds is 6. The van der Waals surface area contributed by atoms with E-state index in [1.165, 1.54) is 0 Å². The first-order valence-electron chi connectivity index (χ1n) is 6.26. The maximum atomic E-state index is 12.1. The Hall–Kier alpha value is -0.960. The van der Waals surface area contributed by atoms with Crippen LogP contribution in [0.25, 0.3) is 0 Å². The SMILES string of the molecule is COc1ccc(C(=O)CCSC(C)C)c(C)c1C. The van der Waals surface area contributed by atoms with Gasteiger partial charge in [-0.2, -0.15) is 11.8 Å². The van der Waals surface area contributed by atoms with Gasteiger partial charge in [0.15, 0.2) is 5.78 Å². The van der Waals surface area contributed by atoms with E-state index in [1.807, 2.05) is 37.7 Å². The largest absolute Gasteiger partial charge is 0.496 e. The van der Waals surface area contributed by atoms with E-state index in [4.69, 9.17) is 4.74 Å². The summed E-state index contributed by atoms with van der Waals surface area (Å²) in [5.74, 6) is 1.97. The fraction of sp³-hybridized carbons (Fsp3) is 0.533. The molecular weight excluding hydrogens is 244 g/mol. The first kappa shape index (κ1) is 15.1. The second kappa shape index (κ2) is 6.83. The Morgan fingerprint density at radius 2 is 1.94 bits per heavy atom. The van der Waals surface area contributed by atoms with Crippen LogP contribution in [0.5, 0.6) is 5.75 Å². The average molecular weight is 266 g/mol. The molecule has 0 radical (unpaired) electrons. The number of hydrogen-bond donors (Lipinski definition) is 0. The summed E-state index contributed by atoms with van der Waals surface area (Å²) in [4.78, 5) is 12.1. The molecule has 18 heavy (non-hydrogen) atoms. The minimum Gasteiger partial charge on any atom is -0.496 e. The molecule has 0 amide bonds. The van der Waals surface area contributed by atoms with Crippen LogP contribution >= 0.6 is 11.8 Å². The first-order chi connectivity index (χ1) is 8.47. The highest BCUT2D eigenvalue weighted by molar-refractivity contribution is 7.99. The van der Waals surface area contributed by atoms with Crippen LogP contribution in [-0.2, 0) is 0 Å². The number of ether oxygens (including phenoxy) is 1. The Bertz CT molecular complexity index is 425. The highest BCUT2D eigenvalue weighted by Crippen LogP contribution is 2.25. The fourth-order valence-electron chi connectivity index (χ4n) is 1.84. The van der Waals surface area contributed by atoms with Gasteiger partial charge in [0, 0.05) is 17.7 Å². The third kappa shape index (κ3) is 3.77. The minimum atomic E-state index is 0.228. The van der Waals surface area contributed by atoms with E-state index >= 15 is 0 Å². The van der Waals surface area contributed by atoms with Crippen molar-refractivity contribution < 1.29 is 9.53 Å². The molecule has 100 valence electrons. The second-order valence-corrected chi connectivity index (χ2v) is 6.34. The van der Waals surface area contributed by atoms with Crippen molar-refractivity contribution in [2.24, 2.45) is 0 Å². The molecule has 0 heterocycles. The van der Waals surface area contributed by atoms with Gasteiger partial charge in [-0.1, -0.05) is 13.8 Å². The zero-order valence-electron chi connectivity index (χ0n) is 11.9. The van der Waals surface area contributed by atoms with Gasteiger partial charge in [-0.15, -0.1) is 0 Å². The number of ketones is 1. The number of hydrogen-bond acceptors (Lipinski definition) is 3. The van der Waals surface area contributed by atoms with Crippen LogP contribution in [0, 0.1) is 13.8 Å². The van der Waals surface area contributed by atoms with Gasteiger partial charge in [-0.3, -0.25) is 4.79 Å². The summed E-state index contributed by atoms with van der Waals surface area (Å²) in [6.07, 6.45) is 0.607. The van der Waals surface area contributed by atoms with Crippen molar-refractivity contribution in [3.8, 4) is 5.75 Å². The maximum Gasteiger partial charge on any atom is 0.163 e. The molecule has 0 aliphatic rings. The number of Topliss-reactive ketones (excluding diaryl/α,β-unsaturated/α-hetero) is 1. The topological polar surface area (TPSA) is 26.3 Å². The van der Waals surface area contributed by atoms with Gasteiger partial charge in [-0.25, -0.2) is 0 Å². The van der Waals surface area contributed by atoms with Crippen molar-refractivity contribution in [1.82, 2.24) is 0 Å². The molecule has 1 aromatic rings. The van der Waals surface area contributed by atoms with Crippen molar-refractivity contribution in [2.45, 2.75) is 39.4 Å². The summed E-state index contributed by atoms with van der Waals surface area (Å²) in [6, 6.07) is 3.76. The van der Waals surface area contributed by atoms with E-state index in [1.54, 1.807) is 7.11 Å². The molecule has 0 fully saturated rings. The van der Waals surface area contributed by atoms with Gasteiger partial charge in [0.1, 0.15) is 5.75 Å². The molecule has 0 saturated heterocycles. The van der Waals surface area contributed by atoms with Gasteiger partial charge in [-0.05, 0) is 42.4 Å². The molecule has 0 aliphatic heterocycles. The van der Waals surface area contributed by atoms with Crippen LogP contribution in [-0.4, -0.2) is 23.9 Å². The molecule has 0 saturated carbocycles. The Labute approximate surface area is 114 Å². The average Bonchev–Trinajstić information content (AvgIpc) is 2.32. The standard InChI is InChI=1S/C15H22O2S/c1-10(2)18-9-8-14(16)13-6-7-15(17-5)12(4)11(13)3/h6-7,10H,8-9H2,1-5H3. The Morgan fingerprint density at radius 3 is 2.50 bits per heavy atom. The lowest BCUT2D eigenvalue weighted by molar-refractivity contribution is 0.0989. The predicted octanol–water partition coefficient (Wildman–Crippen LogP) is 4.03. The summed E-state index contributed by atoms with van der Waals surface area (Å²) < 4.78 is 5.26. The molecule has 1 rings (SSSR count). The molecular formula is C15H22O2S. The van der Waals surface area contributed by atoms with E-state index < -0.39 is 0 Å². The summed E-state index contributed by atoms with van der Waals surface area (Å²) in [6.45, 7) is 8.28. The van der Waals surface area contributed by atoms with Gasteiger partial charge >= 0.3 is 0 Å². The van der Waals surface area contributed by atoms with E-state index in [9.17, 15) is 4.79 Å². The molecule has 3 heteroatoms. The quantitative estimate of drug-likeness (QED) is 0.727. The number of thioether (sulfide) groups is 1. The van der Waals surface area contributed by atoms with Gasteiger partial charge in [0.25, 0.3) is 0 Å². The first-order valence-corrected chi connectivity index (χ1v) is 7.31. The van der Waals surface area contributed by atoms with E-state index in [2.05, 4.69) is 13.8 Å². The minimum absolute atomic E-state index is 0.228. The Balaban J connectivity index is 2.77. The lowest BCUT2D eigenvalue weighted by Crippen LogP contribution is -2.06. The second-order valence-electron chi connectivity index (χ2n) is 4.66. The molecule has 0 atom stereocenters. The van der Waals surface area contributed by atoms with Crippen LogP contribution in [0.1, 0.15) is 41.8 Å². The summed E-state index contributed by atoms with van der Waals surface area (Å²) >= 11 is 1.83. The zero-order valence-corrected chi connectivity index (χ0v) is 12.7. The third-order valence-corrected chi connectivity index (χ3v) is 4.14. The number of methoxy groups -OCH3 is 1. The smallest absolute Gasteiger partial charge is 0.163 e. The number of carbonyl (C=O) groups excluding carboxylic acids is 1. The highest BCUT2D eigenvalue weighted by atomic mass is 32.2. The zero-order chi connectivity index (χ0) is 13.7. The Morgan fingerprint density at radius 1 is 1.28 bits per heavy atom. The van der Waals surface area contributed by atoms with Crippen molar-refractivity contribution in [3.05, 3.63) is 28.8 Å². The lowest BCUT2D eigenvalue weighted by Gasteiger charge is -2.12. The summed E-state index contributed by atoms with van der Waals surface area (Å²) in [5, 5.41) is 0.580. The Kier molecular flexibility index (Phi) is 5.73. The van der Waals surface area contributed by atoms with Crippen LogP contribution < -0.4 is 4.74 Å². The van der Waals surface area contributed by atoms with Crippen molar-refractivity contribution in [2.75, 3.05) is 12.9 Å². The van der Waals surface area contributed by atoms with E-state index in [0.717, 1.165) is 28.2 Å². The molecule has 0 N–H and O–H groups in total. The fourth-order valence-corrected chi connectivity index (χ4v) is 2.62. The van der Waals surface area contributed by atoms with Crippen LogP contribution in [0.3, 0.4) is 0 Å². The van der Waals surface area contributed by atoms with Crippen LogP contribution in [0.4, 0.5) is 0 Å². The molecule has 2 nitrogen and oxygen atoms in total. The molecule has 0 aliphatic carbocycles. The monoisotopic (exact) mass is 266 g/mol. The number of carbonyl (C=O) groups is 1. The molecule has 1 aromatic carbocycles. The number of benzene rings is 1. The molecule has 0 aromatic heterocycles. The molecule has 0 bridgehead atoms. The molecule has 0 unspecified atom stereocenters. The van der Waals surface area contributed by atoms with Crippen LogP contribution in [0.15, 0.2) is 12.1 Å². The van der Waals surface area contributed by atoms with E-state index in [0.29, 0.717) is 11.7 Å². The van der Waals surface area contributed by atoms with Gasteiger partial charge < -0.3 is 4.74 Å². The summed E-state index contributed by atoms with van der Waals surface area (Å²) in [7, 11) is 1.66. The van der Waals surface area contributed by atoms with Gasteiger partial charge in [0.05, 0.1) is 7.11 Å².